The van der Waals surface area contributed by atoms with E-state index in [2.05, 4.69) is 4.74 Å². The minimum atomic E-state index is -1.62. The first-order valence-corrected chi connectivity index (χ1v) is 7.20. The van der Waals surface area contributed by atoms with Crippen LogP contribution in [0.3, 0.4) is 0 Å². The number of methoxy groups -OCH3 is 1. The second kappa shape index (κ2) is 6.89. The summed E-state index contributed by atoms with van der Waals surface area (Å²) >= 11 is 0. The predicted molar refractivity (Wildman–Crippen MR) is 76.9 cm³/mol. The SMILES string of the molecule is CCOC(=O)[C@@H]1C[C@H]1c1ccc([C@@H](O)[C@H](O)C(=O)OC)cc1. The first-order valence-electron chi connectivity index (χ1n) is 7.20. The molecule has 1 aliphatic carbocycles. The van der Waals surface area contributed by atoms with Gasteiger partial charge in [-0.15, -0.1) is 0 Å². The lowest BCUT2D eigenvalue weighted by molar-refractivity contribution is -0.156. The topological polar surface area (TPSA) is 93.1 Å². The Morgan fingerprint density at radius 3 is 2.45 bits per heavy atom. The minimum Gasteiger partial charge on any atom is -0.467 e. The zero-order chi connectivity index (χ0) is 16.3. The lowest BCUT2D eigenvalue weighted by Gasteiger charge is -2.16. The molecule has 0 spiro atoms. The van der Waals surface area contributed by atoms with Gasteiger partial charge in [0.15, 0.2) is 6.10 Å². The maximum absolute atomic E-state index is 11.6. The number of aliphatic hydroxyl groups is 2. The summed E-state index contributed by atoms with van der Waals surface area (Å²) in [5.74, 6) is -1.04. The van der Waals surface area contributed by atoms with E-state index in [0.29, 0.717) is 12.2 Å². The van der Waals surface area contributed by atoms with E-state index in [1.165, 1.54) is 0 Å². The average Bonchev–Trinajstić information content (AvgIpc) is 3.34. The molecule has 4 atom stereocenters. The molecule has 0 heterocycles. The molecule has 1 aromatic carbocycles. The number of ether oxygens (including phenoxy) is 2. The first-order chi connectivity index (χ1) is 10.5. The van der Waals surface area contributed by atoms with Crippen LogP contribution in [0.25, 0.3) is 0 Å². The van der Waals surface area contributed by atoms with Crippen molar-refractivity contribution in [3.63, 3.8) is 0 Å². The Hall–Kier alpha value is -1.92. The number of carbonyl (C=O) groups excluding carboxylic acids is 2. The maximum atomic E-state index is 11.6. The average molecular weight is 308 g/mol. The third-order valence-electron chi connectivity index (χ3n) is 3.83. The molecule has 1 aliphatic rings. The Labute approximate surface area is 128 Å². The van der Waals surface area contributed by atoms with Crippen LogP contribution >= 0.6 is 0 Å². The van der Waals surface area contributed by atoms with E-state index in [-0.39, 0.29) is 17.8 Å². The number of esters is 2. The van der Waals surface area contributed by atoms with E-state index in [9.17, 15) is 19.8 Å². The van der Waals surface area contributed by atoms with Crippen LogP contribution in [0.15, 0.2) is 24.3 Å². The highest BCUT2D eigenvalue weighted by molar-refractivity contribution is 5.77. The normalized spacial score (nSPS) is 22.5. The Morgan fingerprint density at radius 2 is 1.91 bits per heavy atom. The summed E-state index contributed by atoms with van der Waals surface area (Å²) in [6.45, 7) is 2.15. The van der Waals surface area contributed by atoms with Crippen LogP contribution in [0.4, 0.5) is 0 Å². The van der Waals surface area contributed by atoms with Gasteiger partial charge in [-0.2, -0.15) is 0 Å². The molecule has 6 nitrogen and oxygen atoms in total. The molecule has 0 unspecified atom stereocenters. The van der Waals surface area contributed by atoms with Gasteiger partial charge in [0, 0.05) is 0 Å². The molecule has 22 heavy (non-hydrogen) atoms. The molecule has 0 amide bonds. The van der Waals surface area contributed by atoms with Crippen molar-refractivity contribution in [2.24, 2.45) is 5.92 Å². The second-order valence-corrected chi connectivity index (χ2v) is 5.28. The molecular weight excluding hydrogens is 288 g/mol. The van der Waals surface area contributed by atoms with E-state index in [0.717, 1.165) is 19.1 Å². The number of rotatable bonds is 6. The van der Waals surface area contributed by atoms with E-state index in [4.69, 9.17) is 4.74 Å². The van der Waals surface area contributed by atoms with Crippen LogP contribution in [0.2, 0.25) is 0 Å². The zero-order valence-corrected chi connectivity index (χ0v) is 12.6. The molecule has 1 saturated carbocycles. The van der Waals surface area contributed by atoms with E-state index < -0.39 is 18.2 Å². The van der Waals surface area contributed by atoms with Crippen molar-refractivity contribution >= 4 is 11.9 Å². The van der Waals surface area contributed by atoms with Gasteiger partial charge in [0.2, 0.25) is 0 Å². The third kappa shape index (κ3) is 3.45. The lowest BCUT2D eigenvalue weighted by Crippen LogP contribution is -2.29. The van der Waals surface area contributed by atoms with Gasteiger partial charge >= 0.3 is 11.9 Å². The molecule has 0 bridgehead atoms. The van der Waals surface area contributed by atoms with Crippen molar-refractivity contribution in [2.45, 2.75) is 31.5 Å². The third-order valence-corrected chi connectivity index (χ3v) is 3.83. The fourth-order valence-electron chi connectivity index (χ4n) is 2.45. The number of carbonyl (C=O) groups is 2. The molecule has 6 heteroatoms. The standard InChI is InChI=1S/C16H20O6/c1-3-22-15(19)12-8-11(12)9-4-6-10(7-5-9)13(17)14(18)16(20)21-2/h4-7,11-14,17-18H,3,8H2,1-2H3/t11-,12+,13+,14-/m0/s1. The monoisotopic (exact) mass is 308 g/mol. The molecule has 1 fully saturated rings. The van der Waals surface area contributed by atoms with Crippen LogP contribution in [-0.4, -0.2) is 42.0 Å². The molecule has 0 saturated heterocycles. The fraction of sp³-hybridized carbons (Fsp3) is 0.500. The highest BCUT2D eigenvalue weighted by atomic mass is 16.5. The number of benzene rings is 1. The van der Waals surface area contributed by atoms with Crippen molar-refractivity contribution in [1.82, 2.24) is 0 Å². The van der Waals surface area contributed by atoms with Crippen molar-refractivity contribution in [1.29, 1.82) is 0 Å². The lowest BCUT2D eigenvalue weighted by atomic mass is 10.0. The van der Waals surface area contributed by atoms with E-state index in [1.54, 1.807) is 31.2 Å². The number of hydrogen-bond donors (Lipinski definition) is 2. The summed E-state index contributed by atoms with van der Waals surface area (Å²) in [5.41, 5.74) is 1.39. The Balaban J connectivity index is 2.00. The molecule has 0 radical (unpaired) electrons. The van der Waals surface area contributed by atoms with Crippen LogP contribution in [0.5, 0.6) is 0 Å². The van der Waals surface area contributed by atoms with E-state index >= 15 is 0 Å². The van der Waals surface area contributed by atoms with E-state index in [1.807, 2.05) is 0 Å². The van der Waals surface area contributed by atoms with Gasteiger partial charge < -0.3 is 19.7 Å². The minimum absolute atomic E-state index is 0.101. The molecule has 2 N–H and O–H groups in total. The van der Waals surface area contributed by atoms with Gasteiger partial charge in [-0.25, -0.2) is 4.79 Å². The second-order valence-electron chi connectivity index (χ2n) is 5.28. The van der Waals surface area contributed by atoms with Gasteiger partial charge in [-0.1, -0.05) is 24.3 Å². The summed E-state index contributed by atoms with van der Waals surface area (Å²) in [4.78, 5) is 22.8. The Morgan fingerprint density at radius 1 is 1.27 bits per heavy atom. The Kier molecular flexibility index (Phi) is 5.15. The molecule has 1 aromatic rings. The summed E-state index contributed by atoms with van der Waals surface area (Å²) in [7, 11) is 1.14. The molecule has 120 valence electrons. The van der Waals surface area contributed by atoms with Gasteiger partial charge in [0.05, 0.1) is 19.6 Å². The largest absolute Gasteiger partial charge is 0.467 e. The number of hydrogen-bond acceptors (Lipinski definition) is 6. The van der Waals surface area contributed by atoms with Crippen molar-refractivity contribution in [3.05, 3.63) is 35.4 Å². The number of aliphatic hydroxyl groups excluding tert-OH is 2. The van der Waals surface area contributed by atoms with Crippen LogP contribution in [0, 0.1) is 5.92 Å². The maximum Gasteiger partial charge on any atom is 0.337 e. The highest BCUT2D eigenvalue weighted by Gasteiger charge is 2.45. The summed E-state index contributed by atoms with van der Waals surface area (Å²) in [6.07, 6.45) is -2.21. The quantitative estimate of drug-likeness (QED) is 0.759. The highest BCUT2D eigenvalue weighted by Crippen LogP contribution is 2.48. The van der Waals surface area contributed by atoms with Crippen LogP contribution in [-0.2, 0) is 19.1 Å². The molecule has 0 aromatic heterocycles. The first kappa shape index (κ1) is 16.5. The van der Waals surface area contributed by atoms with Crippen molar-refractivity contribution in [2.75, 3.05) is 13.7 Å². The predicted octanol–water partition coefficient (Wildman–Crippen LogP) is 0.920. The fourth-order valence-corrected chi connectivity index (χ4v) is 2.45. The van der Waals surface area contributed by atoms with Gasteiger partial charge in [0.1, 0.15) is 6.10 Å². The van der Waals surface area contributed by atoms with Gasteiger partial charge in [0.25, 0.3) is 0 Å². The smallest absolute Gasteiger partial charge is 0.337 e. The van der Waals surface area contributed by atoms with Gasteiger partial charge in [-0.05, 0) is 30.4 Å². The molecular formula is C16H20O6. The molecule has 2 rings (SSSR count). The summed E-state index contributed by atoms with van der Waals surface area (Å²) < 4.78 is 9.38. The van der Waals surface area contributed by atoms with Crippen LogP contribution < -0.4 is 0 Å². The zero-order valence-electron chi connectivity index (χ0n) is 12.6. The Bertz CT molecular complexity index is 538. The summed E-state index contributed by atoms with van der Waals surface area (Å²) in [5, 5.41) is 19.5. The van der Waals surface area contributed by atoms with Gasteiger partial charge in [-0.3, -0.25) is 4.79 Å². The van der Waals surface area contributed by atoms with Crippen molar-refractivity contribution in [3.8, 4) is 0 Å². The molecule has 0 aliphatic heterocycles. The van der Waals surface area contributed by atoms with Crippen LogP contribution in [0.1, 0.15) is 36.5 Å². The summed E-state index contributed by atoms with van der Waals surface area (Å²) in [6, 6.07) is 6.83. The van der Waals surface area contributed by atoms with Crippen molar-refractivity contribution < 1.29 is 29.3 Å².